The first-order chi connectivity index (χ1) is 9.58. The number of carbonyl (C=O) groups is 1. The van der Waals surface area contributed by atoms with Crippen molar-refractivity contribution >= 4 is 30.7 Å². The number of nitrogens with zero attached hydrogens (tertiary/aromatic N) is 2. The van der Waals surface area contributed by atoms with Crippen molar-refractivity contribution in [2.24, 2.45) is 5.73 Å². The first-order valence-electron chi connectivity index (χ1n) is 7.36. The van der Waals surface area contributed by atoms with Crippen LogP contribution in [0.5, 0.6) is 0 Å². The second-order valence-corrected chi connectivity index (χ2v) is 5.75. The fraction of sp³-hybridized carbons (Fsp3) is 0.562. The first kappa shape index (κ1) is 21.2. The molecular formula is C16H27Cl2N3O. The van der Waals surface area contributed by atoms with Gasteiger partial charge in [-0.1, -0.05) is 30.3 Å². The van der Waals surface area contributed by atoms with Crippen LogP contribution in [0.1, 0.15) is 25.3 Å². The third-order valence-corrected chi connectivity index (χ3v) is 4.01. The highest BCUT2D eigenvalue weighted by atomic mass is 35.5. The number of rotatable bonds is 4. The lowest BCUT2D eigenvalue weighted by atomic mass is 10.0. The van der Waals surface area contributed by atoms with Gasteiger partial charge in [0.05, 0.1) is 6.04 Å². The summed E-state index contributed by atoms with van der Waals surface area (Å²) in [6, 6.07) is 10.4. The number of hydrogen-bond donors (Lipinski definition) is 1. The van der Waals surface area contributed by atoms with E-state index in [0.717, 1.165) is 32.5 Å². The third kappa shape index (κ3) is 5.76. The fourth-order valence-corrected chi connectivity index (χ4v) is 2.83. The first-order valence-corrected chi connectivity index (χ1v) is 7.36. The predicted molar refractivity (Wildman–Crippen MR) is 95.7 cm³/mol. The summed E-state index contributed by atoms with van der Waals surface area (Å²) < 4.78 is 0. The quantitative estimate of drug-likeness (QED) is 0.908. The Labute approximate surface area is 145 Å². The van der Waals surface area contributed by atoms with E-state index in [9.17, 15) is 4.79 Å². The molecule has 2 unspecified atom stereocenters. The Kier molecular flexibility index (Phi) is 9.69. The topological polar surface area (TPSA) is 49.6 Å². The number of hydrogen-bond acceptors (Lipinski definition) is 3. The van der Waals surface area contributed by atoms with Gasteiger partial charge in [-0.3, -0.25) is 9.69 Å². The number of likely N-dealkylation sites (N-methyl/N-ethyl adjacent to an activating group) is 1. The van der Waals surface area contributed by atoms with Crippen LogP contribution in [0.2, 0.25) is 0 Å². The van der Waals surface area contributed by atoms with E-state index in [-0.39, 0.29) is 36.8 Å². The molecular weight excluding hydrogens is 321 g/mol. The van der Waals surface area contributed by atoms with Crippen molar-refractivity contribution in [1.82, 2.24) is 9.80 Å². The zero-order valence-corrected chi connectivity index (χ0v) is 14.9. The van der Waals surface area contributed by atoms with Crippen LogP contribution < -0.4 is 5.73 Å². The van der Waals surface area contributed by atoms with Gasteiger partial charge in [0.1, 0.15) is 0 Å². The summed E-state index contributed by atoms with van der Waals surface area (Å²) in [6.45, 7) is 4.75. The SMILES string of the molecule is CC(N)C(=O)N(C)C1CCCN(Cc2ccccc2)C1.Cl.Cl. The third-order valence-electron chi connectivity index (χ3n) is 4.01. The molecule has 1 aliphatic heterocycles. The van der Waals surface area contributed by atoms with Gasteiger partial charge in [-0.25, -0.2) is 0 Å². The van der Waals surface area contributed by atoms with Crippen LogP contribution in [0.3, 0.4) is 0 Å². The molecule has 1 heterocycles. The highest BCUT2D eigenvalue weighted by Crippen LogP contribution is 2.17. The van der Waals surface area contributed by atoms with Crippen LogP contribution in [0.4, 0.5) is 0 Å². The Morgan fingerprint density at radius 3 is 2.59 bits per heavy atom. The Balaban J connectivity index is 0.00000220. The molecule has 1 saturated heterocycles. The van der Waals surface area contributed by atoms with E-state index in [0.29, 0.717) is 0 Å². The van der Waals surface area contributed by atoms with Gasteiger partial charge >= 0.3 is 0 Å². The number of halogens is 2. The number of carbonyl (C=O) groups excluding carboxylic acids is 1. The molecule has 1 aromatic rings. The Hall–Kier alpha value is -0.810. The van der Waals surface area contributed by atoms with Crippen LogP contribution in [-0.2, 0) is 11.3 Å². The molecule has 2 N–H and O–H groups in total. The van der Waals surface area contributed by atoms with Gasteiger partial charge in [-0.2, -0.15) is 0 Å². The van der Waals surface area contributed by atoms with Crippen LogP contribution in [0.25, 0.3) is 0 Å². The van der Waals surface area contributed by atoms with Crippen molar-refractivity contribution in [3.05, 3.63) is 35.9 Å². The van der Waals surface area contributed by atoms with E-state index in [1.165, 1.54) is 5.56 Å². The van der Waals surface area contributed by atoms with Gasteiger partial charge < -0.3 is 10.6 Å². The summed E-state index contributed by atoms with van der Waals surface area (Å²) in [5, 5.41) is 0. The zero-order chi connectivity index (χ0) is 14.5. The van der Waals surface area contributed by atoms with Crippen LogP contribution >= 0.6 is 24.8 Å². The summed E-state index contributed by atoms with van der Waals surface area (Å²) in [7, 11) is 1.88. The Morgan fingerprint density at radius 1 is 1.36 bits per heavy atom. The van der Waals surface area contributed by atoms with Gasteiger partial charge in [0, 0.05) is 26.2 Å². The van der Waals surface area contributed by atoms with Crippen molar-refractivity contribution in [1.29, 1.82) is 0 Å². The molecule has 0 bridgehead atoms. The molecule has 2 atom stereocenters. The minimum atomic E-state index is -0.413. The van der Waals surface area contributed by atoms with Gasteiger partial charge in [0.2, 0.25) is 5.91 Å². The minimum Gasteiger partial charge on any atom is -0.340 e. The maximum Gasteiger partial charge on any atom is 0.239 e. The van der Waals surface area contributed by atoms with Crippen molar-refractivity contribution in [3.8, 4) is 0 Å². The molecule has 22 heavy (non-hydrogen) atoms. The molecule has 1 fully saturated rings. The van der Waals surface area contributed by atoms with Crippen molar-refractivity contribution in [3.63, 3.8) is 0 Å². The number of amides is 1. The van der Waals surface area contributed by atoms with E-state index in [1.807, 2.05) is 18.0 Å². The molecule has 0 spiro atoms. The van der Waals surface area contributed by atoms with Gasteiger partial charge in [-0.05, 0) is 31.9 Å². The van der Waals surface area contributed by atoms with Crippen molar-refractivity contribution in [2.75, 3.05) is 20.1 Å². The van der Waals surface area contributed by atoms with Crippen LogP contribution in [0, 0.1) is 0 Å². The molecule has 0 aliphatic carbocycles. The molecule has 1 amide bonds. The monoisotopic (exact) mass is 347 g/mol. The Bertz CT molecular complexity index is 442. The number of likely N-dealkylation sites (tertiary alicyclic amines) is 1. The highest BCUT2D eigenvalue weighted by molar-refractivity contribution is 5.85. The zero-order valence-electron chi connectivity index (χ0n) is 13.3. The molecule has 0 radical (unpaired) electrons. The van der Waals surface area contributed by atoms with Gasteiger partial charge in [0.15, 0.2) is 0 Å². The molecule has 0 aromatic heterocycles. The highest BCUT2D eigenvalue weighted by Gasteiger charge is 2.27. The fourth-order valence-electron chi connectivity index (χ4n) is 2.83. The standard InChI is InChI=1S/C16H25N3O.2ClH/c1-13(17)16(20)18(2)15-9-6-10-19(12-15)11-14-7-4-3-5-8-14;;/h3-5,7-8,13,15H,6,9-12,17H2,1-2H3;2*1H. The number of benzene rings is 1. The normalized spacial score (nSPS) is 19.5. The average molecular weight is 348 g/mol. The van der Waals surface area contributed by atoms with E-state index >= 15 is 0 Å². The summed E-state index contributed by atoms with van der Waals surface area (Å²) in [6.07, 6.45) is 2.20. The van der Waals surface area contributed by atoms with Gasteiger partial charge in [0.25, 0.3) is 0 Å². The lowest BCUT2D eigenvalue weighted by molar-refractivity contribution is -0.134. The summed E-state index contributed by atoms with van der Waals surface area (Å²) >= 11 is 0. The maximum absolute atomic E-state index is 12.0. The van der Waals surface area contributed by atoms with E-state index in [1.54, 1.807) is 6.92 Å². The minimum absolute atomic E-state index is 0. The van der Waals surface area contributed by atoms with Crippen molar-refractivity contribution < 1.29 is 4.79 Å². The molecule has 2 rings (SSSR count). The smallest absolute Gasteiger partial charge is 0.239 e. The van der Waals surface area contributed by atoms with Crippen molar-refractivity contribution in [2.45, 2.75) is 38.4 Å². The Morgan fingerprint density at radius 2 is 2.00 bits per heavy atom. The largest absolute Gasteiger partial charge is 0.340 e. The van der Waals surface area contributed by atoms with E-state index < -0.39 is 6.04 Å². The molecule has 1 aromatic carbocycles. The molecule has 4 nitrogen and oxygen atoms in total. The summed E-state index contributed by atoms with van der Waals surface area (Å²) in [5.41, 5.74) is 7.02. The molecule has 126 valence electrons. The van der Waals surface area contributed by atoms with Crippen LogP contribution in [0.15, 0.2) is 30.3 Å². The van der Waals surface area contributed by atoms with Gasteiger partial charge in [-0.15, -0.1) is 24.8 Å². The second kappa shape index (κ2) is 10.1. The predicted octanol–water partition coefficient (Wildman–Crippen LogP) is 2.30. The lowest BCUT2D eigenvalue weighted by Gasteiger charge is -2.38. The average Bonchev–Trinajstić information content (AvgIpc) is 2.47. The summed E-state index contributed by atoms with van der Waals surface area (Å²) in [4.78, 5) is 16.2. The second-order valence-electron chi connectivity index (χ2n) is 5.75. The number of piperidine rings is 1. The molecule has 6 heteroatoms. The van der Waals surface area contributed by atoms with Crippen LogP contribution in [-0.4, -0.2) is 47.9 Å². The lowest BCUT2D eigenvalue weighted by Crippen LogP contribution is -2.51. The molecule has 1 aliphatic rings. The maximum atomic E-state index is 12.0. The van der Waals surface area contributed by atoms with E-state index in [2.05, 4.69) is 29.2 Å². The summed E-state index contributed by atoms with van der Waals surface area (Å²) in [5.74, 6) is 0.0385. The van der Waals surface area contributed by atoms with E-state index in [4.69, 9.17) is 5.73 Å². The molecule has 0 saturated carbocycles. The number of nitrogens with two attached hydrogens (primary N) is 1.